The fourth-order valence-electron chi connectivity index (χ4n) is 2.93. The standard InChI is InChI=1S/C17H26O/c1-2-3-4-5-9-17(18)13-14-10-11-15-7-6-8-16(15)12-14/h10-12,17-18H,2-9,13H2,1H3. The fourth-order valence-corrected chi connectivity index (χ4v) is 2.93. The van der Waals surface area contributed by atoms with Crippen LogP contribution in [0.3, 0.4) is 0 Å². The third-order valence-electron chi connectivity index (χ3n) is 4.03. The van der Waals surface area contributed by atoms with Crippen molar-refractivity contribution in [3.63, 3.8) is 0 Å². The molecule has 1 unspecified atom stereocenters. The van der Waals surface area contributed by atoms with E-state index < -0.39 is 0 Å². The van der Waals surface area contributed by atoms with Crippen molar-refractivity contribution in [2.24, 2.45) is 0 Å². The van der Waals surface area contributed by atoms with Gasteiger partial charge in [-0.3, -0.25) is 0 Å². The van der Waals surface area contributed by atoms with Gasteiger partial charge in [0.2, 0.25) is 0 Å². The number of rotatable bonds is 7. The Bertz CT molecular complexity index is 370. The molecule has 0 bridgehead atoms. The number of hydrogen-bond donors (Lipinski definition) is 1. The van der Waals surface area contributed by atoms with Crippen LogP contribution in [0.15, 0.2) is 18.2 Å². The molecule has 1 aromatic rings. The molecule has 2 rings (SSSR count). The van der Waals surface area contributed by atoms with E-state index in [4.69, 9.17) is 0 Å². The van der Waals surface area contributed by atoms with Crippen LogP contribution in [0.1, 0.15) is 62.1 Å². The first-order valence-corrected chi connectivity index (χ1v) is 7.58. The second kappa shape index (κ2) is 6.94. The Labute approximate surface area is 111 Å². The Balaban J connectivity index is 1.78. The second-order valence-corrected chi connectivity index (χ2v) is 5.66. The van der Waals surface area contributed by atoms with E-state index in [-0.39, 0.29) is 6.10 Å². The Morgan fingerprint density at radius 1 is 1.11 bits per heavy atom. The maximum Gasteiger partial charge on any atom is 0.0580 e. The van der Waals surface area contributed by atoms with Gasteiger partial charge in [0.25, 0.3) is 0 Å². The first-order valence-electron chi connectivity index (χ1n) is 7.58. The van der Waals surface area contributed by atoms with Gasteiger partial charge in [-0.2, -0.15) is 0 Å². The summed E-state index contributed by atoms with van der Waals surface area (Å²) < 4.78 is 0. The van der Waals surface area contributed by atoms with Gasteiger partial charge < -0.3 is 5.11 Å². The van der Waals surface area contributed by atoms with Gasteiger partial charge in [-0.25, -0.2) is 0 Å². The van der Waals surface area contributed by atoms with Gasteiger partial charge >= 0.3 is 0 Å². The van der Waals surface area contributed by atoms with Gasteiger partial charge in [0.15, 0.2) is 0 Å². The topological polar surface area (TPSA) is 20.2 Å². The number of hydrogen-bond acceptors (Lipinski definition) is 1. The van der Waals surface area contributed by atoms with Crippen molar-refractivity contribution in [1.82, 2.24) is 0 Å². The van der Waals surface area contributed by atoms with Crippen LogP contribution in [0, 0.1) is 0 Å². The van der Waals surface area contributed by atoms with Gasteiger partial charge in [-0.05, 0) is 48.8 Å². The largest absolute Gasteiger partial charge is 0.393 e. The Hall–Kier alpha value is -0.820. The van der Waals surface area contributed by atoms with Crippen molar-refractivity contribution in [3.8, 4) is 0 Å². The zero-order valence-corrected chi connectivity index (χ0v) is 11.6. The van der Waals surface area contributed by atoms with Crippen LogP contribution in [0.25, 0.3) is 0 Å². The number of aliphatic hydroxyl groups is 1. The third kappa shape index (κ3) is 3.84. The molecule has 0 fully saturated rings. The molecule has 1 nitrogen and oxygen atoms in total. The van der Waals surface area contributed by atoms with Crippen molar-refractivity contribution in [3.05, 3.63) is 34.9 Å². The zero-order valence-electron chi connectivity index (χ0n) is 11.6. The molecule has 0 aliphatic heterocycles. The van der Waals surface area contributed by atoms with E-state index in [2.05, 4.69) is 25.1 Å². The SMILES string of the molecule is CCCCCCC(O)Cc1ccc2c(c1)CCC2. The molecular weight excluding hydrogens is 220 g/mol. The van der Waals surface area contributed by atoms with E-state index in [9.17, 15) is 5.11 Å². The average Bonchev–Trinajstić information content (AvgIpc) is 2.82. The van der Waals surface area contributed by atoms with E-state index in [1.165, 1.54) is 61.6 Å². The maximum atomic E-state index is 10.1. The molecule has 100 valence electrons. The molecule has 1 aliphatic carbocycles. The molecule has 0 spiro atoms. The number of aliphatic hydroxyl groups excluding tert-OH is 1. The van der Waals surface area contributed by atoms with Gasteiger partial charge in [0.05, 0.1) is 6.10 Å². The first-order chi connectivity index (χ1) is 8.79. The third-order valence-corrected chi connectivity index (χ3v) is 4.03. The van der Waals surface area contributed by atoms with Gasteiger partial charge in [-0.1, -0.05) is 50.8 Å². The summed E-state index contributed by atoms with van der Waals surface area (Å²) in [4.78, 5) is 0. The number of unbranched alkanes of at least 4 members (excludes halogenated alkanes) is 3. The van der Waals surface area contributed by atoms with Crippen molar-refractivity contribution in [1.29, 1.82) is 0 Å². The predicted octanol–water partition coefficient (Wildman–Crippen LogP) is 4.05. The zero-order chi connectivity index (χ0) is 12.8. The summed E-state index contributed by atoms with van der Waals surface area (Å²) in [6.45, 7) is 2.22. The van der Waals surface area contributed by atoms with Crippen LogP contribution in [0.5, 0.6) is 0 Å². The van der Waals surface area contributed by atoms with Gasteiger partial charge in [0.1, 0.15) is 0 Å². The van der Waals surface area contributed by atoms with E-state index in [1.807, 2.05) is 0 Å². The van der Waals surface area contributed by atoms with E-state index in [0.29, 0.717) is 0 Å². The van der Waals surface area contributed by atoms with Gasteiger partial charge in [0, 0.05) is 0 Å². The summed E-state index contributed by atoms with van der Waals surface area (Å²) in [5.41, 5.74) is 4.36. The van der Waals surface area contributed by atoms with Crippen molar-refractivity contribution in [2.75, 3.05) is 0 Å². The molecule has 1 N–H and O–H groups in total. The van der Waals surface area contributed by atoms with E-state index in [1.54, 1.807) is 0 Å². The lowest BCUT2D eigenvalue weighted by molar-refractivity contribution is 0.161. The van der Waals surface area contributed by atoms with Crippen LogP contribution in [-0.2, 0) is 19.3 Å². The molecule has 1 atom stereocenters. The van der Waals surface area contributed by atoms with E-state index >= 15 is 0 Å². The van der Waals surface area contributed by atoms with Crippen molar-refractivity contribution in [2.45, 2.75) is 70.8 Å². The minimum Gasteiger partial charge on any atom is -0.393 e. The molecule has 0 radical (unpaired) electrons. The molecule has 0 aromatic heterocycles. The van der Waals surface area contributed by atoms with Crippen LogP contribution < -0.4 is 0 Å². The minimum atomic E-state index is -0.152. The summed E-state index contributed by atoms with van der Waals surface area (Å²) >= 11 is 0. The molecule has 0 heterocycles. The van der Waals surface area contributed by atoms with Crippen LogP contribution in [0.4, 0.5) is 0 Å². The predicted molar refractivity (Wildman–Crippen MR) is 76.9 cm³/mol. The highest BCUT2D eigenvalue weighted by Gasteiger charge is 2.12. The fraction of sp³-hybridized carbons (Fsp3) is 0.647. The van der Waals surface area contributed by atoms with Crippen LogP contribution >= 0.6 is 0 Å². The first kappa shape index (κ1) is 13.6. The highest BCUT2D eigenvalue weighted by atomic mass is 16.3. The highest BCUT2D eigenvalue weighted by molar-refractivity contribution is 5.35. The Morgan fingerprint density at radius 3 is 2.78 bits per heavy atom. The number of benzene rings is 1. The van der Waals surface area contributed by atoms with Crippen LogP contribution in [0.2, 0.25) is 0 Å². The molecule has 1 heteroatoms. The summed E-state index contributed by atoms with van der Waals surface area (Å²) in [6.07, 6.45) is 10.4. The van der Waals surface area contributed by atoms with Crippen LogP contribution in [-0.4, -0.2) is 11.2 Å². The van der Waals surface area contributed by atoms with Crippen molar-refractivity contribution < 1.29 is 5.11 Å². The summed E-state index contributed by atoms with van der Waals surface area (Å²) in [7, 11) is 0. The molecular formula is C17H26O. The second-order valence-electron chi connectivity index (χ2n) is 5.66. The minimum absolute atomic E-state index is 0.152. The number of aryl methyl sites for hydroxylation is 2. The lowest BCUT2D eigenvalue weighted by atomic mass is 9.99. The van der Waals surface area contributed by atoms with Crippen molar-refractivity contribution >= 4 is 0 Å². The number of fused-ring (bicyclic) bond motifs is 1. The molecule has 18 heavy (non-hydrogen) atoms. The van der Waals surface area contributed by atoms with E-state index in [0.717, 1.165) is 12.8 Å². The lowest BCUT2D eigenvalue weighted by Crippen LogP contribution is -2.10. The smallest absolute Gasteiger partial charge is 0.0580 e. The summed E-state index contributed by atoms with van der Waals surface area (Å²) in [5, 5.41) is 10.1. The molecule has 1 aliphatic rings. The summed E-state index contributed by atoms with van der Waals surface area (Å²) in [6, 6.07) is 6.79. The molecule has 1 aromatic carbocycles. The monoisotopic (exact) mass is 246 g/mol. The molecule has 0 amide bonds. The lowest BCUT2D eigenvalue weighted by Gasteiger charge is -2.11. The Kier molecular flexibility index (Phi) is 5.25. The quantitative estimate of drug-likeness (QED) is 0.720. The molecule has 0 saturated heterocycles. The summed E-state index contributed by atoms with van der Waals surface area (Å²) in [5.74, 6) is 0. The highest BCUT2D eigenvalue weighted by Crippen LogP contribution is 2.23. The average molecular weight is 246 g/mol. The molecule has 0 saturated carbocycles. The normalized spacial score (nSPS) is 15.7. The van der Waals surface area contributed by atoms with Gasteiger partial charge in [-0.15, -0.1) is 0 Å². The Morgan fingerprint density at radius 2 is 1.94 bits per heavy atom. The maximum absolute atomic E-state index is 10.1.